The van der Waals surface area contributed by atoms with Gasteiger partial charge in [0.2, 0.25) is 0 Å². The van der Waals surface area contributed by atoms with Crippen LogP contribution in [0.5, 0.6) is 0 Å². The van der Waals surface area contributed by atoms with Crippen molar-refractivity contribution in [1.82, 2.24) is 0 Å². The summed E-state index contributed by atoms with van der Waals surface area (Å²) in [6, 6.07) is 0. The summed E-state index contributed by atoms with van der Waals surface area (Å²) in [5.74, 6) is 0. The molecule has 2 unspecified atom stereocenters. The molecule has 23 heteroatoms. The van der Waals surface area contributed by atoms with Gasteiger partial charge in [-0.3, -0.25) is 0 Å². The number of ether oxygens (including phenoxy) is 23. The van der Waals surface area contributed by atoms with Crippen LogP contribution in [0.1, 0.15) is 27.2 Å². The van der Waals surface area contributed by atoms with E-state index in [1.54, 1.807) is 142 Å². The van der Waals surface area contributed by atoms with Crippen molar-refractivity contribution in [2.75, 3.05) is 294 Å². The summed E-state index contributed by atoms with van der Waals surface area (Å²) < 4.78 is 118. The molecule has 0 aliphatic carbocycles. The van der Waals surface area contributed by atoms with Crippen LogP contribution in [0.4, 0.5) is 0 Å². The van der Waals surface area contributed by atoms with Crippen molar-refractivity contribution in [2.45, 2.75) is 45.5 Å². The minimum absolute atomic E-state index is 0.0260. The molecule has 0 aliphatic heterocycles. The van der Waals surface area contributed by atoms with Gasteiger partial charge in [0, 0.05) is 148 Å². The van der Waals surface area contributed by atoms with E-state index in [0.717, 1.165) is 6.42 Å². The number of hydrogen-bond acceptors (Lipinski definition) is 23. The first-order valence-electron chi connectivity index (χ1n) is 25.7. The lowest BCUT2D eigenvalue weighted by molar-refractivity contribution is -0.125. The van der Waals surface area contributed by atoms with E-state index < -0.39 is 0 Å². The monoisotopic (exact) mass is 1140 g/mol. The van der Waals surface area contributed by atoms with Gasteiger partial charge in [-0.1, -0.05) is 6.92 Å². The summed E-state index contributed by atoms with van der Waals surface area (Å²) in [5, 5.41) is 0. The van der Waals surface area contributed by atoms with E-state index in [2.05, 4.69) is 6.92 Å². The van der Waals surface area contributed by atoms with Gasteiger partial charge in [-0.15, -0.1) is 0 Å². The van der Waals surface area contributed by atoms with Gasteiger partial charge in [0.15, 0.2) is 0 Å². The lowest BCUT2D eigenvalue weighted by atomic mass is 9.88. The third-order valence-electron chi connectivity index (χ3n) is 10.7. The lowest BCUT2D eigenvalue weighted by Crippen LogP contribution is -2.45. The Hall–Kier alpha value is -0.920. The second kappa shape index (κ2) is 65.9. The average molecular weight is 1140 g/mol. The van der Waals surface area contributed by atoms with Crippen molar-refractivity contribution in [2.24, 2.45) is 21.7 Å². The lowest BCUT2D eigenvalue weighted by Gasteiger charge is -2.35. The van der Waals surface area contributed by atoms with E-state index in [1.165, 1.54) is 0 Å². The fourth-order valence-corrected chi connectivity index (χ4v) is 7.24. The summed E-state index contributed by atoms with van der Waals surface area (Å²) in [5.41, 5.74) is -0.861. The normalized spacial score (nSPS) is 12.5. The summed E-state index contributed by atoms with van der Waals surface area (Å²) in [7, 11) is 33.3. The first-order valence-corrected chi connectivity index (χ1v) is 25.7. The molecular formula is C54H120O23. The van der Waals surface area contributed by atoms with Crippen LogP contribution in [0.2, 0.25) is 0 Å². The predicted molar refractivity (Wildman–Crippen MR) is 298 cm³/mol. The van der Waals surface area contributed by atoms with Gasteiger partial charge < -0.3 is 109 Å². The average Bonchev–Trinajstić information content (AvgIpc) is 3.40. The fraction of sp³-hybridized carbons (Fsp3) is 1.00. The molecule has 0 heterocycles. The van der Waals surface area contributed by atoms with Crippen molar-refractivity contribution in [3.8, 4) is 0 Å². The van der Waals surface area contributed by atoms with Gasteiger partial charge in [0.05, 0.1) is 180 Å². The van der Waals surface area contributed by atoms with Crippen molar-refractivity contribution >= 4 is 0 Å². The molecule has 0 bridgehead atoms. The Kier molecular flexibility index (Phi) is 74.7. The molecule has 23 nitrogen and oxygen atoms in total. The molecule has 0 aliphatic rings. The van der Waals surface area contributed by atoms with Crippen LogP contribution in [-0.2, 0) is 109 Å². The maximum Gasteiger partial charge on any atom is 0.104 e. The highest BCUT2D eigenvalue weighted by Crippen LogP contribution is 2.25. The van der Waals surface area contributed by atoms with E-state index in [4.69, 9.17) is 109 Å². The summed E-state index contributed by atoms with van der Waals surface area (Å²) in [4.78, 5) is 0. The third-order valence-corrected chi connectivity index (χ3v) is 10.7. The molecule has 0 rings (SSSR count). The van der Waals surface area contributed by atoms with Crippen LogP contribution in [-0.4, -0.2) is 312 Å². The summed E-state index contributed by atoms with van der Waals surface area (Å²) >= 11 is 0. The Labute approximate surface area is 469 Å². The Morgan fingerprint density at radius 1 is 0.247 bits per heavy atom. The van der Waals surface area contributed by atoms with Crippen LogP contribution < -0.4 is 0 Å². The smallest absolute Gasteiger partial charge is 0.104 e. The number of rotatable bonds is 48. The van der Waals surface area contributed by atoms with Gasteiger partial charge in [0.1, 0.15) is 6.10 Å². The fourth-order valence-electron chi connectivity index (χ4n) is 7.24. The molecule has 0 amide bonds. The van der Waals surface area contributed by atoms with Crippen LogP contribution >= 0.6 is 0 Å². The number of methoxy groups -OCH3 is 20. The molecule has 0 aromatic carbocycles. The van der Waals surface area contributed by atoms with Gasteiger partial charge in [-0.25, -0.2) is 0 Å². The van der Waals surface area contributed by atoms with E-state index in [1.807, 2.05) is 13.8 Å². The highest BCUT2D eigenvalue weighted by molar-refractivity contribution is 4.83. The second-order valence-corrected chi connectivity index (χ2v) is 18.5. The van der Waals surface area contributed by atoms with Crippen LogP contribution in [0.25, 0.3) is 0 Å². The highest BCUT2D eigenvalue weighted by Gasteiger charge is 2.36. The highest BCUT2D eigenvalue weighted by atomic mass is 16.6. The van der Waals surface area contributed by atoms with Gasteiger partial charge in [0.25, 0.3) is 0 Å². The van der Waals surface area contributed by atoms with Crippen LogP contribution in [0, 0.1) is 21.7 Å². The molecule has 0 saturated carbocycles. The van der Waals surface area contributed by atoms with E-state index >= 15 is 0 Å². The minimum atomic E-state index is -0.350. The molecular weight excluding hydrogens is 1020 g/mol. The molecule has 0 fully saturated rings. The molecule has 0 aromatic rings. The van der Waals surface area contributed by atoms with E-state index in [-0.39, 0.29) is 40.0 Å². The molecule has 77 heavy (non-hydrogen) atoms. The van der Waals surface area contributed by atoms with Gasteiger partial charge in [-0.05, 0) is 20.3 Å². The Morgan fingerprint density at radius 2 is 0.519 bits per heavy atom. The van der Waals surface area contributed by atoms with Crippen molar-refractivity contribution < 1.29 is 109 Å². The maximum atomic E-state index is 6.00. The zero-order chi connectivity index (χ0) is 60.0. The molecule has 0 spiro atoms. The molecule has 0 saturated heterocycles. The van der Waals surface area contributed by atoms with E-state index in [0.29, 0.717) is 152 Å². The largest absolute Gasteiger partial charge is 0.384 e. The van der Waals surface area contributed by atoms with Crippen molar-refractivity contribution in [3.63, 3.8) is 0 Å². The Bertz CT molecular complexity index is 953. The predicted octanol–water partition coefficient (Wildman–Crippen LogP) is 4.40. The van der Waals surface area contributed by atoms with Crippen molar-refractivity contribution in [3.05, 3.63) is 0 Å². The first kappa shape index (κ1) is 87.3. The SMILES string of the molecule is CCC(COC)(COC)COC.COCC(C)OCC(C)OC.COCC(COC)(COC)COC.COCC(COC)(COC)COCC(COC)(COC)COC.COCC(COC)OC.COCCOCCOC. The third kappa shape index (κ3) is 54.1. The quantitative estimate of drug-likeness (QED) is 0.0773. The summed E-state index contributed by atoms with van der Waals surface area (Å²) in [6.07, 6.45) is 1.38. The molecule has 0 radical (unpaired) electrons. The zero-order valence-electron chi connectivity index (χ0n) is 53.1. The van der Waals surface area contributed by atoms with Crippen molar-refractivity contribution in [1.29, 1.82) is 0 Å². The molecule has 0 aromatic heterocycles. The van der Waals surface area contributed by atoms with Crippen LogP contribution in [0.15, 0.2) is 0 Å². The van der Waals surface area contributed by atoms with Gasteiger partial charge >= 0.3 is 0 Å². The number of hydrogen-bond donors (Lipinski definition) is 0. The summed E-state index contributed by atoms with van der Waals surface area (Å²) in [6.45, 7) is 19.3. The van der Waals surface area contributed by atoms with E-state index in [9.17, 15) is 0 Å². The zero-order valence-corrected chi connectivity index (χ0v) is 53.1. The second-order valence-electron chi connectivity index (χ2n) is 18.5. The first-order chi connectivity index (χ1) is 37.0. The van der Waals surface area contributed by atoms with Crippen LogP contribution in [0.3, 0.4) is 0 Å². The molecule has 474 valence electrons. The molecule has 2 atom stereocenters. The topological polar surface area (TPSA) is 212 Å². The molecule has 0 N–H and O–H groups in total. The Balaban J connectivity index is -0.000000204. The maximum absolute atomic E-state index is 6.00. The van der Waals surface area contributed by atoms with Gasteiger partial charge in [-0.2, -0.15) is 0 Å². The standard InChI is InChI=1S/C16H34O7.C9H20O4.C9H20O3.C8H18O3.2C6H14O3/c1-17-7-15(8-18-2,9-19-3)13-23-14-16(10-20-4,11-21-5)12-22-6;1-10-5-9(6-11-2,7-12-3)8-13-4;1-5-9(6-10-2,7-11-3)8-12-4;1-7(10-4)6-11-8(2)5-9-3;1-7-4-6(9-3)5-8-2;1-7-3-5-9-6-4-8-2/h7-14H2,1-6H3;5-8H2,1-4H3;5-8H2,1-4H3;7-8H,5-6H2,1-4H3;6H,4-5H2,1-3H3;3-6H2,1-2H3. The minimum Gasteiger partial charge on any atom is -0.384 e. The Morgan fingerprint density at radius 3 is 0.740 bits per heavy atom.